The van der Waals surface area contributed by atoms with Crippen LogP contribution in [0.5, 0.6) is 0 Å². The van der Waals surface area contributed by atoms with Gasteiger partial charge in [-0.1, -0.05) is 35.0 Å². The standard InChI is InChI=1S/C18H21N3O4/c1-3-24-18(23)21-10-8-20(9-11-21)17(22)15-12-16(25-19-15)14-6-4-13(2)5-7-14/h4-7,12H,3,8-11H2,1-2H3. The molecule has 132 valence electrons. The van der Waals surface area contributed by atoms with Gasteiger partial charge in [0.25, 0.3) is 5.91 Å². The summed E-state index contributed by atoms with van der Waals surface area (Å²) >= 11 is 0. The van der Waals surface area contributed by atoms with Crippen LogP contribution in [0.4, 0.5) is 4.79 Å². The Kier molecular flexibility index (Phi) is 5.02. The first-order chi connectivity index (χ1) is 12.1. The Morgan fingerprint density at radius 2 is 1.76 bits per heavy atom. The van der Waals surface area contributed by atoms with E-state index in [0.29, 0.717) is 38.5 Å². The molecule has 0 radical (unpaired) electrons. The molecular weight excluding hydrogens is 322 g/mol. The molecule has 7 heteroatoms. The zero-order chi connectivity index (χ0) is 17.8. The predicted octanol–water partition coefficient (Wildman–Crippen LogP) is 2.56. The summed E-state index contributed by atoms with van der Waals surface area (Å²) in [5.74, 6) is 0.374. The number of aryl methyl sites for hydroxylation is 1. The van der Waals surface area contributed by atoms with Gasteiger partial charge in [-0.15, -0.1) is 0 Å². The topological polar surface area (TPSA) is 75.9 Å². The number of piperazine rings is 1. The van der Waals surface area contributed by atoms with Gasteiger partial charge in [0.05, 0.1) is 6.61 Å². The highest BCUT2D eigenvalue weighted by Crippen LogP contribution is 2.21. The van der Waals surface area contributed by atoms with Crippen molar-refractivity contribution in [2.45, 2.75) is 13.8 Å². The summed E-state index contributed by atoms with van der Waals surface area (Å²) in [6, 6.07) is 9.48. The van der Waals surface area contributed by atoms with Crippen molar-refractivity contribution in [2.75, 3.05) is 32.8 Å². The van der Waals surface area contributed by atoms with Crippen LogP contribution in [0.25, 0.3) is 11.3 Å². The Hall–Kier alpha value is -2.83. The number of benzene rings is 1. The molecule has 0 unspecified atom stereocenters. The number of hydrogen-bond donors (Lipinski definition) is 0. The summed E-state index contributed by atoms with van der Waals surface area (Å²) in [4.78, 5) is 27.5. The molecule has 1 saturated heterocycles. The van der Waals surface area contributed by atoms with E-state index in [4.69, 9.17) is 9.26 Å². The SMILES string of the molecule is CCOC(=O)N1CCN(C(=O)c2cc(-c3ccc(C)cc3)on2)CC1. The van der Waals surface area contributed by atoms with Crippen LogP contribution in [0.3, 0.4) is 0 Å². The van der Waals surface area contributed by atoms with Crippen LogP contribution in [-0.4, -0.2) is 59.7 Å². The fourth-order valence-electron chi connectivity index (χ4n) is 2.70. The smallest absolute Gasteiger partial charge is 0.409 e. The molecule has 1 fully saturated rings. The molecule has 0 spiro atoms. The van der Waals surface area contributed by atoms with Crippen molar-refractivity contribution in [3.63, 3.8) is 0 Å². The van der Waals surface area contributed by atoms with Crippen LogP contribution < -0.4 is 0 Å². The maximum Gasteiger partial charge on any atom is 0.409 e. The van der Waals surface area contributed by atoms with Gasteiger partial charge >= 0.3 is 6.09 Å². The van der Waals surface area contributed by atoms with Gasteiger partial charge in [-0.25, -0.2) is 4.79 Å². The van der Waals surface area contributed by atoms with Gasteiger partial charge in [0, 0.05) is 37.8 Å². The van der Waals surface area contributed by atoms with Crippen LogP contribution in [0.2, 0.25) is 0 Å². The van der Waals surface area contributed by atoms with Crippen molar-refractivity contribution in [2.24, 2.45) is 0 Å². The minimum atomic E-state index is -0.335. The zero-order valence-corrected chi connectivity index (χ0v) is 14.4. The first-order valence-electron chi connectivity index (χ1n) is 8.33. The Balaban J connectivity index is 1.63. The Morgan fingerprint density at radius 1 is 1.12 bits per heavy atom. The largest absolute Gasteiger partial charge is 0.450 e. The molecule has 0 aliphatic carbocycles. The van der Waals surface area contributed by atoms with Gasteiger partial charge in [-0.05, 0) is 13.8 Å². The third-order valence-electron chi connectivity index (χ3n) is 4.16. The van der Waals surface area contributed by atoms with E-state index in [2.05, 4.69) is 5.16 Å². The number of carbonyl (C=O) groups excluding carboxylic acids is 2. The summed E-state index contributed by atoms with van der Waals surface area (Å²) in [6.07, 6.45) is -0.335. The quantitative estimate of drug-likeness (QED) is 0.856. The van der Waals surface area contributed by atoms with Crippen LogP contribution in [0.15, 0.2) is 34.9 Å². The molecule has 25 heavy (non-hydrogen) atoms. The third-order valence-corrected chi connectivity index (χ3v) is 4.16. The highest BCUT2D eigenvalue weighted by molar-refractivity contribution is 5.93. The second kappa shape index (κ2) is 7.38. The van der Waals surface area contributed by atoms with Crippen molar-refractivity contribution in [1.82, 2.24) is 15.0 Å². The van der Waals surface area contributed by atoms with E-state index in [9.17, 15) is 9.59 Å². The highest BCUT2D eigenvalue weighted by atomic mass is 16.6. The molecule has 0 bridgehead atoms. The van der Waals surface area contributed by atoms with E-state index in [-0.39, 0.29) is 17.7 Å². The van der Waals surface area contributed by atoms with Gasteiger partial charge < -0.3 is 19.1 Å². The molecule has 1 aliphatic rings. The molecule has 0 atom stereocenters. The molecule has 2 heterocycles. The number of nitrogens with zero attached hydrogens (tertiary/aromatic N) is 3. The molecule has 7 nitrogen and oxygen atoms in total. The van der Waals surface area contributed by atoms with Gasteiger partial charge in [0.2, 0.25) is 0 Å². The van der Waals surface area contributed by atoms with Gasteiger partial charge in [0.15, 0.2) is 11.5 Å². The predicted molar refractivity (Wildman–Crippen MR) is 91.2 cm³/mol. The summed E-state index contributed by atoms with van der Waals surface area (Å²) in [6.45, 7) is 5.93. The van der Waals surface area contributed by atoms with Crippen LogP contribution in [0.1, 0.15) is 23.0 Å². The zero-order valence-electron chi connectivity index (χ0n) is 14.4. The summed E-state index contributed by atoms with van der Waals surface area (Å²) in [5, 5.41) is 3.90. The number of ether oxygens (including phenoxy) is 1. The molecule has 0 N–H and O–H groups in total. The van der Waals surface area contributed by atoms with Crippen LogP contribution >= 0.6 is 0 Å². The maximum absolute atomic E-state index is 12.6. The third kappa shape index (κ3) is 3.81. The van der Waals surface area contributed by atoms with Crippen LogP contribution in [0, 0.1) is 6.92 Å². The molecule has 1 aromatic heterocycles. The lowest BCUT2D eigenvalue weighted by molar-refractivity contribution is 0.0562. The van der Waals surface area contributed by atoms with Crippen molar-refractivity contribution in [1.29, 1.82) is 0 Å². The lowest BCUT2D eigenvalue weighted by Crippen LogP contribution is -2.50. The van der Waals surface area contributed by atoms with Crippen molar-refractivity contribution >= 4 is 12.0 Å². The van der Waals surface area contributed by atoms with Gasteiger partial charge in [0.1, 0.15) is 0 Å². The number of hydrogen-bond acceptors (Lipinski definition) is 5. The fourth-order valence-corrected chi connectivity index (χ4v) is 2.70. The van der Waals surface area contributed by atoms with E-state index in [1.54, 1.807) is 22.8 Å². The van der Waals surface area contributed by atoms with E-state index < -0.39 is 0 Å². The van der Waals surface area contributed by atoms with Crippen molar-refractivity contribution < 1.29 is 18.8 Å². The minimum Gasteiger partial charge on any atom is -0.450 e. The molecule has 0 saturated carbocycles. The first kappa shape index (κ1) is 17.0. The van der Waals surface area contributed by atoms with Gasteiger partial charge in [-0.3, -0.25) is 4.79 Å². The Bertz CT molecular complexity index is 746. The van der Waals surface area contributed by atoms with E-state index in [1.807, 2.05) is 31.2 Å². The highest BCUT2D eigenvalue weighted by Gasteiger charge is 2.27. The molecule has 1 aromatic carbocycles. The van der Waals surface area contributed by atoms with E-state index in [0.717, 1.165) is 11.1 Å². The molecule has 1 aliphatic heterocycles. The summed E-state index contributed by atoms with van der Waals surface area (Å²) in [5.41, 5.74) is 2.31. The Morgan fingerprint density at radius 3 is 2.40 bits per heavy atom. The summed E-state index contributed by atoms with van der Waals surface area (Å²) < 4.78 is 10.3. The molecule has 2 amide bonds. The molecule has 3 rings (SSSR count). The van der Waals surface area contributed by atoms with E-state index in [1.165, 1.54) is 0 Å². The number of aromatic nitrogens is 1. The number of carbonyl (C=O) groups is 2. The number of rotatable bonds is 3. The Labute approximate surface area is 146 Å². The monoisotopic (exact) mass is 343 g/mol. The van der Waals surface area contributed by atoms with E-state index >= 15 is 0 Å². The van der Waals surface area contributed by atoms with Crippen LogP contribution in [-0.2, 0) is 4.74 Å². The fraction of sp³-hybridized carbons (Fsp3) is 0.389. The molecular formula is C18H21N3O4. The molecule has 2 aromatic rings. The van der Waals surface area contributed by atoms with Crippen molar-refractivity contribution in [3.8, 4) is 11.3 Å². The second-order valence-electron chi connectivity index (χ2n) is 5.92. The first-order valence-corrected chi connectivity index (χ1v) is 8.33. The maximum atomic E-state index is 12.6. The minimum absolute atomic E-state index is 0.189. The second-order valence-corrected chi connectivity index (χ2v) is 5.92. The van der Waals surface area contributed by atoms with Gasteiger partial charge in [-0.2, -0.15) is 0 Å². The normalized spacial score (nSPS) is 14.5. The van der Waals surface area contributed by atoms with Crippen molar-refractivity contribution in [3.05, 3.63) is 41.6 Å². The lowest BCUT2D eigenvalue weighted by Gasteiger charge is -2.33. The lowest BCUT2D eigenvalue weighted by atomic mass is 10.1. The average Bonchev–Trinajstić information content (AvgIpc) is 3.12. The number of amides is 2. The average molecular weight is 343 g/mol. The summed E-state index contributed by atoms with van der Waals surface area (Å²) in [7, 11) is 0.